The van der Waals surface area contributed by atoms with E-state index < -0.39 is 0 Å². The Bertz CT molecular complexity index is 837. The minimum Gasteiger partial charge on any atom is -1.00 e. The Morgan fingerprint density at radius 1 is 1.08 bits per heavy atom. The Morgan fingerprint density at radius 2 is 1.88 bits per heavy atom. The van der Waals surface area contributed by atoms with Gasteiger partial charge in [0.05, 0.1) is 26.1 Å². The van der Waals surface area contributed by atoms with Crippen molar-refractivity contribution in [3.05, 3.63) is 59.5 Å². The van der Waals surface area contributed by atoms with Gasteiger partial charge in [0.25, 0.3) is 0 Å². The van der Waals surface area contributed by atoms with Crippen LogP contribution in [-0.4, -0.2) is 25.4 Å². The molecule has 25 heavy (non-hydrogen) atoms. The number of hydrazone groups is 1. The molecule has 0 saturated heterocycles. The van der Waals surface area contributed by atoms with E-state index in [2.05, 4.69) is 15.5 Å². The van der Waals surface area contributed by atoms with Gasteiger partial charge in [-0.25, -0.2) is 4.98 Å². The summed E-state index contributed by atoms with van der Waals surface area (Å²) in [7, 11) is 3.24. The fourth-order valence-corrected chi connectivity index (χ4v) is 2.82. The third-order valence-corrected chi connectivity index (χ3v) is 4.13. The predicted octanol–water partition coefficient (Wildman–Crippen LogP) is 1.28. The number of ether oxygens (including phenoxy) is 2. The molecule has 0 atom stereocenters. The first-order chi connectivity index (χ1) is 11.8. The van der Waals surface area contributed by atoms with Gasteiger partial charge in [0.2, 0.25) is 5.13 Å². The summed E-state index contributed by atoms with van der Waals surface area (Å²) in [5, 5.41) is 6.97. The van der Waals surface area contributed by atoms with E-state index in [0.717, 1.165) is 27.7 Å². The highest BCUT2D eigenvalue weighted by Gasteiger charge is 2.04. The number of benzene rings is 2. The van der Waals surface area contributed by atoms with Gasteiger partial charge in [-0.1, -0.05) is 30.3 Å². The van der Waals surface area contributed by atoms with Crippen molar-refractivity contribution >= 4 is 22.7 Å². The van der Waals surface area contributed by atoms with Crippen LogP contribution in [0, 0.1) is 0 Å². The minimum absolute atomic E-state index is 0. The molecular weight excluding hydrogens is 402 g/mol. The third kappa shape index (κ3) is 4.80. The molecule has 130 valence electrons. The number of nitrogens with zero attached hydrogens (tertiary/aromatic N) is 2. The normalized spacial score (nSPS) is 10.3. The largest absolute Gasteiger partial charge is 1.00 e. The van der Waals surface area contributed by atoms with E-state index >= 15 is 0 Å². The summed E-state index contributed by atoms with van der Waals surface area (Å²) < 4.78 is 10.5. The van der Waals surface area contributed by atoms with Crippen LogP contribution in [0.3, 0.4) is 0 Å². The summed E-state index contributed by atoms with van der Waals surface area (Å²) in [5.74, 6) is 1.44. The van der Waals surface area contributed by atoms with Gasteiger partial charge in [-0.15, -0.1) is 11.3 Å². The molecule has 1 N–H and O–H groups in total. The molecule has 0 radical (unpaired) electrons. The number of halogens is 1. The van der Waals surface area contributed by atoms with Crippen molar-refractivity contribution in [3.63, 3.8) is 0 Å². The van der Waals surface area contributed by atoms with Crippen molar-refractivity contribution < 1.29 is 26.5 Å². The minimum atomic E-state index is 0. The van der Waals surface area contributed by atoms with Crippen LogP contribution in [0.25, 0.3) is 11.3 Å². The quantitative estimate of drug-likeness (QED) is 0.483. The molecule has 5 nitrogen and oxygen atoms in total. The van der Waals surface area contributed by atoms with Gasteiger partial charge in [0, 0.05) is 22.6 Å². The second-order valence-corrected chi connectivity index (χ2v) is 5.74. The van der Waals surface area contributed by atoms with E-state index in [-0.39, 0.29) is 17.0 Å². The molecule has 0 amide bonds. The number of methoxy groups -OCH3 is 2. The van der Waals surface area contributed by atoms with Crippen LogP contribution in [0.5, 0.6) is 11.5 Å². The van der Waals surface area contributed by atoms with Crippen LogP contribution in [0.15, 0.2) is 59.0 Å². The lowest BCUT2D eigenvalue weighted by molar-refractivity contribution is -0.00000539. The Labute approximate surface area is 161 Å². The van der Waals surface area contributed by atoms with Crippen molar-refractivity contribution in [1.82, 2.24) is 4.98 Å². The molecule has 0 unspecified atom stereocenters. The zero-order valence-electron chi connectivity index (χ0n) is 13.8. The Balaban J connectivity index is 0.00000225. The maximum atomic E-state index is 5.34. The van der Waals surface area contributed by atoms with Gasteiger partial charge >= 0.3 is 0 Å². The summed E-state index contributed by atoms with van der Waals surface area (Å²) >= 11 is 1.51. The number of anilines is 1. The van der Waals surface area contributed by atoms with E-state index in [1.807, 2.05) is 53.9 Å². The molecule has 0 aliphatic heterocycles. The van der Waals surface area contributed by atoms with Gasteiger partial charge in [-0.3, -0.25) is 5.43 Å². The van der Waals surface area contributed by atoms with Crippen LogP contribution in [0.4, 0.5) is 5.13 Å². The second kappa shape index (κ2) is 9.19. The molecule has 1 aromatic heterocycles. The van der Waals surface area contributed by atoms with Crippen LogP contribution < -0.4 is 31.9 Å². The number of hydrogen-bond donors (Lipinski definition) is 1. The highest BCUT2D eigenvalue weighted by molar-refractivity contribution is 7.14. The smallest absolute Gasteiger partial charge is 0.203 e. The van der Waals surface area contributed by atoms with Crippen molar-refractivity contribution in [2.75, 3.05) is 19.6 Å². The lowest BCUT2D eigenvalue weighted by atomic mass is 10.2. The van der Waals surface area contributed by atoms with Crippen molar-refractivity contribution in [3.8, 4) is 22.8 Å². The summed E-state index contributed by atoms with van der Waals surface area (Å²) in [4.78, 5) is 4.52. The average molecular weight is 419 g/mol. The summed E-state index contributed by atoms with van der Waals surface area (Å²) in [6.45, 7) is 0. The molecule has 2 aromatic carbocycles. The molecule has 3 rings (SSSR count). The van der Waals surface area contributed by atoms with Gasteiger partial charge in [-0.2, -0.15) is 5.10 Å². The van der Waals surface area contributed by atoms with E-state index in [0.29, 0.717) is 5.75 Å². The van der Waals surface area contributed by atoms with Crippen molar-refractivity contribution in [2.45, 2.75) is 0 Å². The van der Waals surface area contributed by atoms with Crippen LogP contribution in [-0.2, 0) is 0 Å². The third-order valence-electron chi connectivity index (χ3n) is 3.38. The number of nitrogens with one attached hydrogen (secondary N) is 1. The van der Waals surface area contributed by atoms with Gasteiger partial charge in [0.15, 0.2) is 0 Å². The lowest BCUT2D eigenvalue weighted by Crippen LogP contribution is -3.00. The zero-order chi connectivity index (χ0) is 16.8. The SMILES string of the molecule is COc1ccc(/C=N/Nc2nc(-c3ccccc3)cs2)c(OC)c1.[Br-]. The first-order valence-corrected chi connectivity index (χ1v) is 8.20. The summed E-state index contributed by atoms with van der Waals surface area (Å²) in [5.41, 5.74) is 5.82. The molecule has 0 bridgehead atoms. The predicted molar refractivity (Wildman–Crippen MR) is 98.3 cm³/mol. The Morgan fingerprint density at radius 3 is 2.60 bits per heavy atom. The first-order valence-electron chi connectivity index (χ1n) is 7.32. The molecule has 0 aliphatic rings. The lowest BCUT2D eigenvalue weighted by Gasteiger charge is -2.06. The zero-order valence-corrected chi connectivity index (χ0v) is 16.2. The molecule has 3 aromatic rings. The highest BCUT2D eigenvalue weighted by atomic mass is 79.9. The molecular formula is C18H17BrN3O2S-. The summed E-state index contributed by atoms with van der Waals surface area (Å²) in [6, 6.07) is 15.6. The monoisotopic (exact) mass is 418 g/mol. The molecule has 7 heteroatoms. The van der Waals surface area contributed by atoms with Gasteiger partial charge < -0.3 is 26.5 Å². The number of hydrogen-bond acceptors (Lipinski definition) is 6. The number of aromatic nitrogens is 1. The molecule has 0 saturated carbocycles. The van der Waals surface area contributed by atoms with E-state index in [1.54, 1.807) is 20.4 Å². The molecule has 0 aliphatic carbocycles. The Kier molecular flexibility index (Phi) is 6.97. The van der Waals surface area contributed by atoms with Gasteiger partial charge in [0.1, 0.15) is 11.5 Å². The van der Waals surface area contributed by atoms with Crippen LogP contribution in [0.1, 0.15) is 5.56 Å². The van der Waals surface area contributed by atoms with E-state index in [9.17, 15) is 0 Å². The number of thiazole rings is 1. The molecule has 0 spiro atoms. The highest BCUT2D eigenvalue weighted by Crippen LogP contribution is 2.25. The Hall–Kier alpha value is -2.38. The van der Waals surface area contributed by atoms with Crippen molar-refractivity contribution in [1.29, 1.82) is 0 Å². The molecule has 0 fully saturated rings. The van der Waals surface area contributed by atoms with E-state index in [1.165, 1.54) is 11.3 Å². The fraction of sp³-hybridized carbons (Fsp3) is 0.111. The second-order valence-electron chi connectivity index (χ2n) is 4.88. The van der Waals surface area contributed by atoms with Crippen LogP contribution >= 0.6 is 11.3 Å². The maximum absolute atomic E-state index is 5.34. The van der Waals surface area contributed by atoms with E-state index in [4.69, 9.17) is 9.47 Å². The number of rotatable bonds is 6. The first kappa shape index (κ1) is 19.0. The standard InChI is InChI=1S/C18H17N3O2S.BrH/c1-22-15-9-8-14(17(10-15)23-2)11-19-21-18-20-16(12-24-18)13-6-4-3-5-7-13;/h3-12H,1-2H3,(H,20,21);1H/p-1/b19-11+;. The van der Waals surface area contributed by atoms with Crippen LogP contribution in [0.2, 0.25) is 0 Å². The van der Waals surface area contributed by atoms with Crippen molar-refractivity contribution in [2.24, 2.45) is 5.10 Å². The fourth-order valence-electron chi connectivity index (χ4n) is 2.15. The topological polar surface area (TPSA) is 55.7 Å². The summed E-state index contributed by atoms with van der Waals surface area (Å²) in [6.07, 6.45) is 1.70. The average Bonchev–Trinajstić information content (AvgIpc) is 3.11. The van der Waals surface area contributed by atoms with Gasteiger partial charge in [-0.05, 0) is 12.1 Å². The molecule has 1 heterocycles. The maximum Gasteiger partial charge on any atom is 0.203 e.